The van der Waals surface area contributed by atoms with Gasteiger partial charge >= 0.3 is 11.4 Å². The van der Waals surface area contributed by atoms with Crippen LogP contribution in [0.25, 0.3) is 33.3 Å². The van der Waals surface area contributed by atoms with Gasteiger partial charge < -0.3 is 14.2 Å². The molecule has 1 saturated heterocycles. The summed E-state index contributed by atoms with van der Waals surface area (Å²) in [5, 5.41) is 14.6. The average molecular weight is 883 g/mol. The molecule has 1 saturated carbocycles. The normalized spacial score (nSPS) is 19.5. The zero-order valence-electron chi connectivity index (χ0n) is 36.7. The first-order valence-corrected chi connectivity index (χ1v) is 22.2. The average Bonchev–Trinajstić information content (AvgIpc) is 3.73. The number of H-pyrrole nitrogens is 1. The van der Waals surface area contributed by atoms with Crippen LogP contribution in [0.4, 0.5) is 8.78 Å². The van der Waals surface area contributed by atoms with Gasteiger partial charge in [0.1, 0.15) is 22.9 Å². The second-order valence-electron chi connectivity index (χ2n) is 18.6. The van der Waals surface area contributed by atoms with Crippen LogP contribution in [0.5, 0.6) is 0 Å². The highest BCUT2D eigenvalue weighted by atomic mass is 19.1. The Kier molecular flexibility index (Phi) is 9.33. The number of aromatic nitrogens is 9. The number of rotatable bonds is 9. The molecule has 3 aliphatic rings. The fourth-order valence-electron chi connectivity index (χ4n) is 10.6. The van der Waals surface area contributed by atoms with Crippen molar-refractivity contribution in [3.63, 3.8) is 0 Å². The van der Waals surface area contributed by atoms with Crippen molar-refractivity contribution in [3.05, 3.63) is 146 Å². The number of carbonyl (C=O) groups excluding carboxylic acids is 1. The van der Waals surface area contributed by atoms with Crippen molar-refractivity contribution < 1.29 is 22.8 Å². The third-order valence-corrected chi connectivity index (χ3v) is 14.0. The van der Waals surface area contributed by atoms with Crippen molar-refractivity contribution in [1.29, 1.82) is 0 Å². The lowest BCUT2D eigenvalue weighted by Crippen LogP contribution is -2.41. The quantitative estimate of drug-likeness (QED) is 0.159. The molecule has 3 aromatic carbocycles. The molecule has 1 N–H and O–H groups in total. The van der Waals surface area contributed by atoms with Gasteiger partial charge in [0.25, 0.3) is 5.91 Å². The summed E-state index contributed by atoms with van der Waals surface area (Å²) in [6.45, 7) is 9.15. The summed E-state index contributed by atoms with van der Waals surface area (Å²) in [5.74, 6) is -0.665. The van der Waals surface area contributed by atoms with Gasteiger partial charge in [0.15, 0.2) is 11.6 Å². The minimum Gasteiger partial charge on any atom is -0.376 e. The van der Waals surface area contributed by atoms with Crippen LogP contribution in [0.15, 0.2) is 93.4 Å². The lowest BCUT2D eigenvalue weighted by Gasteiger charge is -2.35. The van der Waals surface area contributed by atoms with Crippen molar-refractivity contribution in [2.24, 2.45) is 13.0 Å². The molecule has 17 heteroatoms. The minimum atomic E-state index is -0.805. The van der Waals surface area contributed by atoms with Crippen LogP contribution >= 0.6 is 0 Å². The maximum Gasteiger partial charge on any atom is 0.438 e. The summed E-state index contributed by atoms with van der Waals surface area (Å²) in [6.07, 6.45) is 8.96. The number of halogens is 2. The fraction of sp³-hybridized carbons (Fsp3) is 0.375. The first-order valence-electron chi connectivity index (χ1n) is 22.2. The summed E-state index contributed by atoms with van der Waals surface area (Å²) in [6, 6.07) is 16.6. The van der Waals surface area contributed by atoms with Gasteiger partial charge in [-0.15, -0.1) is 0 Å². The van der Waals surface area contributed by atoms with Gasteiger partial charge in [-0.3, -0.25) is 28.1 Å². The smallest absolute Gasteiger partial charge is 0.376 e. The van der Waals surface area contributed by atoms with Crippen molar-refractivity contribution in [2.45, 2.75) is 89.4 Å². The topological polar surface area (TPSA) is 156 Å². The standard InChI is InChI=1S/C48H48F2N10O5/c1-27(31-7-9-33(49)10-8-31)60-42(58-20-19-57(46(58)63)38-13-12-37-34(41(38)50)26-51-55(37)5)40-28(2)56(18-14-35(40)53-60)43(61)39-24-32-23-29(22-30-15-21-64-47(3,4)25-30)6-11-36(32)59(39)48(16-17-48)44-52-45(62)65-54-44/h6-13,19-20,23-24,26-28,30H,14-18,21-22,25H2,1-5H3,(H,52,54,62)/t27-,28-,30+/m0/s1. The molecule has 15 nitrogen and oxygen atoms in total. The molecule has 2 aliphatic heterocycles. The summed E-state index contributed by atoms with van der Waals surface area (Å²) in [4.78, 5) is 47.0. The number of amides is 1. The van der Waals surface area contributed by atoms with Crippen molar-refractivity contribution in [3.8, 4) is 11.5 Å². The number of aryl methyl sites for hydroxylation is 1. The number of imidazole rings is 1. The molecule has 334 valence electrons. The van der Waals surface area contributed by atoms with Crippen molar-refractivity contribution in [2.75, 3.05) is 13.2 Å². The molecule has 0 spiro atoms. The number of benzene rings is 3. The first kappa shape index (κ1) is 40.9. The zero-order chi connectivity index (χ0) is 45.1. The highest BCUT2D eigenvalue weighted by molar-refractivity contribution is 6.00. The number of ether oxygens (including phenoxy) is 1. The van der Waals surface area contributed by atoms with Gasteiger partial charge in [0.05, 0.1) is 46.2 Å². The van der Waals surface area contributed by atoms with Gasteiger partial charge in [-0.25, -0.2) is 23.1 Å². The molecule has 65 heavy (non-hydrogen) atoms. The van der Waals surface area contributed by atoms with Gasteiger partial charge in [-0.1, -0.05) is 23.4 Å². The Hall–Kier alpha value is -6.88. The van der Waals surface area contributed by atoms with E-state index in [0.717, 1.165) is 47.9 Å². The summed E-state index contributed by atoms with van der Waals surface area (Å²) < 4.78 is 49.3. The minimum absolute atomic E-state index is 0.0562. The molecule has 11 rings (SSSR count). The summed E-state index contributed by atoms with van der Waals surface area (Å²) in [7, 11) is 1.72. The number of nitrogens with one attached hydrogen (secondary N) is 1. The van der Waals surface area contributed by atoms with E-state index in [0.29, 0.717) is 65.8 Å². The number of carbonyl (C=O) groups is 1. The van der Waals surface area contributed by atoms with E-state index in [1.807, 2.05) is 24.5 Å². The second kappa shape index (κ2) is 14.8. The molecule has 3 atom stereocenters. The highest BCUT2D eigenvalue weighted by Crippen LogP contribution is 2.51. The SMILES string of the molecule is C[C@H]1c2c(nn([C@@H](C)c3ccc(F)cc3)c2-n2ccn(-c3ccc4c(cnn4C)c3F)c2=O)CCN1C(=O)c1cc2cc(C[C@H]3CCOC(C)(C)C3)ccc2n1C1(c2noc(=O)[nH]2)CC1. The Morgan fingerprint density at radius 1 is 1.00 bits per heavy atom. The zero-order valence-corrected chi connectivity index (χ0v) is 36.7. The lowest BCUT2D eigenvalue weighted by molar-refractivity contribution is -0.0721. The van der Waals surface area contributed by atoms with Gasteiger partial charge in [-0.05, 0) is 119 Å². The number of hydrogen-bond acceptors (Lipinski definition) is 8. The molecule has 7 heterocycles. The van der Waals surface area contributed by atoms with E-state index in [-0.39, 0.29) is 28.4 Å². The Morgan fingerprint density at radius 2 is 1.77 bits per heavy atom. The largest absolute Gasteiger partial charge is 0.438 e. The van der Waals surface area contributed by atoms with Crippen molar-refractivity contribution in [1.82, 2.24) is 48.3 Å². The number of aromatic amines is 1. The Labute approximate surface area is 370 Å². The van der Waals surface area contributed by atoms with Crippen LogP contribution in [0.3, 0.4) is 0 Å². The van der Waals surface area contributed by atoms with Gasteiger partial charge in [0.2, 0.25) is 0 Å². The van der Waals surface area contributed by atoms with Crippen LogP contribution in [0, 0.1) is 17.6 Å². The molecule has 0 bridgehead atoms. The third kappa shape index (κ3) is 6.60. The molecule has 1 aliphatic carbocycles. The van der Waals surface area contributed by atoms with Gasteiger partial charge in [-0.2, -0.15) is 10.2 Å². The molecule has 1 amide bonds. The molecule has 0 unspecified atom stereocenters. The molecule has 0 radical (unpaired) electrons. The van der Waals surface area contributed by atoms with E-state index < -0.39 is 34.9 Å². The van der Waals surface area contributed by atoms with Gasteiger partial charge in [0, 0.05) is 55.5 Å². The van der Waals surface area contributed by atoms with Crippen LogP contribution in [0.2, 0.25) is 0 Å². The third-order valence-electron chi connectivity index (χ3n) is 14.0. The Morgan fingerprint density at radius 3 is 2.51 bits per heavy atom. The molecule has 5 aromatic heterocycles. The molecule has 8 aromatic rings. The van der Waals surface area contributed by atoms with Crippen LogP contribution < -0.4 is 11.4 Å². The van der Waals surface area contributed by atoms with Crippen molar-refractivity contribution >= 4 is 27.7 Å². The summed E-state index contributed by atoms with van der Waals surface area (Å²) >= 11 is 0. The van der Waals surface area contributed by atoms with E-state index in [2.05, 4.69) is 47.3 Å². The summed E-state index contributed by atoms with van der Waals surface area (Å²) in [5.41, 5.74) is 3.64. The van der Waals surface area contributed by atoms with E-state index in [1.54, 1.807) is 51.8 Å². The number of fused-ring (bicyclic) bond motifs is 3. The first-order chi connectivity index (χ1) is 31.2. The predicted octanol–water partition coefficient (Wildman–Crippen LogP) is 7.27. The van der Waals surface area contributed by atoms with Crippen LogP contribution in [0.1, 0.15) is 104 Å². The number of hydrogen-bond donors (Lipinski definition) is 1. The predicted molar refractivity (Wildman–Crippen MR) is 237 cm³/mol. The fourth-order valence-corrected chi connectivity index (χ4v) is 10.6. The monoisotopic (exact) mass is 882 g/mol. The molecule has 2 fully saturated rings. The maximum absolute atomic E-state index is 16.1. The van der Waals surface area contributed by atoms with E-state index >= 15 is 9.18 Å². The van der Waals surface area contributed by atoms with Crippen LogP contribution in [-0.4, -0.2) is 73.0 Å². The maximum atomic E-state index is 16.1. The van der Waals surface area contributed by atoms with E-state index in [4.69, 9.17) is 14.4 Å². The Bertz CT molecular complexity index is 3310. The van der Waals surface area contributed by atoms with E-state index in [1.165, 1.54) is 33.7 Å². The van der Waals surface area contributed by atoms with E-state index in [9.17, 15) is 14.0 Å². The second-order valence-corrected chi connectivity index (χ2v) is 18.6. The molecular formula is C48H48F2N10O5. The highest BCUT2D eigenvalue weighted by Gasteiger charge is 2.52. The Balaban J connectivity index is 1.02. The molecular weight excluding hydrogens is 835 g/mol. The number of nitrogens with zero attached hydrogens (tertiary/aromatic N) is 9. The van der Waals surface area contributed by atoms with Crippen LogP contribution in [-0.2, 0) is 30.2 Å². The lowest BCUT2D eigenvalue weighted by atomic mass is 9.84.